The minimum atomic E-state index is -0.112. The van der Waals surface area contributed by atoms with E-state index in [-0.39, 0.29) is 6.04 Å². The first-order chi connectivity index (χ1) is 9.15. The topological polar surface area (TPSA) is 30.3 Å². The zero-order chi connectivity index (χ0) is 13.8. The van der Waals surface area contributed by atoms with Crippen molar-refractivity contribution in [2.24, 2.45) is 0 Å². The number of likely N-dealkylation sites (N-methyl/N-ethyl adjacent to an activating group) is 1. The lowest BCUT2D eigenvalue weighted by molar-refractivity contribution is 0.0675. The first-order valence-corrected chi connectivity index (χ1v) is 7.06. The number of hydrogen-bond acceptors (Lipinski definition) is 3. The van der Waals surface area contributed by atoms with Crippen LogP contribution >= 0.6 is 0 Å². The lowest BCUT2D eigenvalue weighted by Crippen LogP contribution is -2.52. The molecule has 0 spiro atoms. The summed E-state index contributed by atoms with van der Waals surface area (Å²) in [5.74, 6) is 0. The van der Waals surface area contributed by atoms with Crippen molar-refractivity contribution in [3.63, 3.8) is 0 Å². The van der Waals surface area contributed by atoms with Crippen molar-refractivity contribution in [3.05, 3.63) is 35.4 Å². The van der Waals surface area contributed by atoms with E-state index in [1.165, 1.54) is 5.56 Å². The third kappa shape index (κ3) is 3.15. The van der Waals surface area contributed by atoms with Crippen LogP contribution in [0.2, 0.25) is 0 Å². The summed E-state index contributed by atoms with van der Waals surface area (Å²) in [5, 5.41) is 9.57. The van der Waals surface area contributed by atoms with Gasteiger partial charge in [0.1, 0.15) is 6.04 Å². The zero-order valence-corrected chi connectivity index (χ0v) is 12.1. The van der Waals surface area contributed by atoms with Crippen LogP contribution < -0.4 is 0 Å². The smallest absolute Gasteiger partial charge is 0.124 e. The summed E-state index contributed by atoms with van der Waals surface area (Å²) in [5.41, 5.74) is 2.36. The highest BCUT2D eigenvalue weighted by Crippen LogP contribution is 2.26. The number of benzene rings is 1. The van der Waals surface area contributed by atoms with E-state index in [4.69, 9.17) is 0 Å². The average molecular weight is 257 g/mol. The number of nitrogens with zero attached hydrogens (tertiary/aromatic N) is 3. The van der Waals surface area contributed by atoms with Gasteiger partial charge in [-0.3, -0.25) is 4.90 Å². The molecular formula is C16H23N3. The maximum absolute atomic E-state index is 9.57. The molecule has 3 nitrogen and oxygen atoms in total. The molecule has 2 unspecified atom stereocenters. The first-order valence-electron chi connectivity index (χ1n) is 7.06. The Labute approximate surface area is 116 Å². The van der Waals surface area contributed by atoms with Crippen molar-refractivity contribution in [1.82, 2.24) is 9.80 Å². The van der Waals surface area contributed by atoms with Crippen LogP contribution in [0.5, 0.6) is 0 Å². The van der Waals surface area contributed by atoms with Crippen molar-refractivity contribution >= 4 is 0 Å². The predicted octanol–water partition coefficient (Wildman–Crippen LogP) is 2.59. The Morgan fingerprint density at radius 3 is 2.58 bits per heavy atom. The minimum absolute atomic E-state index is 0.112. The molecule has 2 rings (SSSR count). The summed E-state index contributed by atoms with van der Waals surface area (Å²) < 4.78 is 0. The monoisotopic (exact) mass is 257 g/mol. The molecule has 0 amide bonds. The highest BCUT2D eigenvalue weighted by Gasteiger charge is 2.30. The number of hydrogen-bond donors (Lipinski definition) is 0. The van der Waals surface area contributed by atoms with Gasteiger partial charge in [0.25, 0.3) is 0 Å². The Kier molecular flexibility index (Phi) is 4.57. The summed E-state index contributed by atoms with van der Waals surface area (Å²) >= 11 is 0. The summed E-state index contributed by atoms with van der Waals surface area (Å²) in [6.07, 6.45) is 1.09. The van der Waals surface area contributed by atoms with E-state index in [0.717, 1.165) is 31.6 Å². The highest BCUT2D eigenvalue weighted by molar-refractivity contribution is 5.28. The molecule has 2 atom stereocenters. The second-order valence-electron chi connectivity index (χ2n) is 5.50. The van der Waals surface area contributed by atoms with Crippen molar-refractivity contribution in [2.75, 3.05) is 26.7 Å². The second-order valence-corrected chi connectivity index (χ2v) is 5.50. The lowest BCUT2D eigenvalue weighted by atomic mass is 10.0. The van der Waals surface area contributed by atoms with Gasteiger partial charge in [-0.2, -0.15) is 5.26 Å². The van der Waals surface area contributed by atoms with Gasteiger partial charge in [-0.1, -0.05) is 36.8 Å². The molecule has 0 saturated carbocycles. The SMILES string of the molecule is CCC1CN(C)CCN1C(C#N)c1ccc(C)cc1. The van der Waals surface area contributed by atoms with Crippen LogP contribution in [0.25, 0.3) is 0 Å². The summed E-state index contributed by atoms with van der Waals surface area (Å²) in [4.78, 5) is 4.72. The van der Waals surface area contributed by atoms with Crippen LogP contribution in [0.15, 0.2) is 24.3 Å². The molecule has 3 heteroatoms. The third-order valence-electron chi connectivity index (χ3n) is 4.05. The molecule has 1 heterocycles. The zero-order valence-electron chi connectivity index (χ0n) is 12.1. The van der Waals surface area contributed by atoms with Gasteiger partial charge in [-0.25, -0.2) is 0 Å². The molecule has 0 aliphatic carbocycles. The lowest BCUT2D eigenvalue weighted by Gasteiger charge is -2.42. The summed E-state index contributed by atoms with van der Waals surface area (Å²) in [6.45, 7) is 7.36. The third-order valence-corrected chi connectivity index (χ3v) is 4.05. The Morgan fingerprint density at radius 2 is 2.00 bits per heavy atom. The molecule has 0 N–H and O–H groups in total. The molecular weight excluding hydrogens is 234 g/mol. The normalized spacial score (nSPS) is 22.9. The number of nitriles is 1. The fourth-order valence-electron chi connectivity index (χ4n) is 2.82. The van der Waals surface area contributed by atoms with Gasteiger partial charge < -0.3 is 4.90 Å². The molecule has 1 aromatic rings. The summed E-state index contributed by atoms with van der Waals surface area (Å²) in [7, 11) is 2.16. The second kappa shape index (κ2) is 6.18. The Balaban J connectivity index is 2.21. The van der Waals surface area contributed by atoms with Crippen LogP contribution in [0, 0.1) is 18.3 Å². The van der Waals surface area contributed by atoms with E-state index in [9.17, 15) is 5.26 Å². The highest BCUT2D eigenvalue weighted by atomic mass is 15.3. The Bertz CT molecular complexity index is 446. The van der Waals surface area contributed by atoms with Crippen molar-refractivity contribution in [1.29, 1.82) is 5.26 Å². The Morgan fingerprint density at radius 1 is 1.32 bits per heavy atom. The Hall–Kier alpha value is -1.37. The van der Waals surface area contributed by atoms with Gasteiger partial charge in [-0.05, 0) is 26.0 Å². The number of rotatable bonds is 3. The summed E-state index contributed by atoms with van der Waals surface area (Å²) in [6, 6.07) is 11.2. The van der Waals surface area contributed by atoms with Crippen molar-refractivity contribution in [2.45, 2.75) is 32.4 Å². The fraction of sp³-hybridized carbons (Fsp3) is 0.562. The molecule has 1 saturated heterocycles. The standard InChI is InChI=1S/C16H23N3/c1-4-15-12-18(3)9-10-19(15)16(11-17)14-7-5-13(2)6-8-14/h5-8,15-16H,4,9-10,12H2,1-3H3. The molecule has 1 aliphatic rings. The van der Waals surface area contributed by atoms with Crippen LogP contribution in [-0.2, 0) is 0 Å². The molecule has 1 aromatic carbocycles. The first kappa shape index (κ1) is 14.0. The largest absolute Gasteiger partial charge is 0.304 e. The van der Waals surface area contributed by atoms with Gasteiger partial charge in [0.05, 0.1) is 6.07 Å². The van der Waals surface area contributed by atoms with E-state index < -0.39 is 0 Å². The quantitative estimate of drug-likeness (QED) is 0.833. The van der Waals surface area contributed by atoms with E-state index in [2.05, 4.69) is 61.0 Å². The van der Waals surface area contributed by atoms with Gasteiger partial charge >= 0.3 is 0 Å². The van der Waals surface area contributed by atoms with E-state index >= 15 is 0 Å². The van der Waals surface area contributed by atoms with Crippen LogP contribution in [0.1, 0.15) is 30.5 Å². The van der Waals surface area contributed by atoms with E-state index in [1.54, 1.807) is 0 Å². The maximum Gasteiger partial charge on any atom is 0.124 e. The van der Waals surface area contributed by atoms with Gasteiger partial charge in [-0.15, -0.1) is 0 Å². The minimum Gasteiger partial charge on any atom is -0.304 e. The molecule has 0 bridgehead atoms. The van der Waals surface area contributed by atoms with Crippen LogP contribution in [0.3, 0.4) is 0 Å². The van der Waals surface area contributed by atoms with Crippen molar-refractivity contribution in [3.8, 4) is 6.07 Å². The van der Waals surface area contributed by atoms with E-state index in [0.29, 0.717) is 6.04 Å². The molecule has 102 valence electrons. The van der Waals surface area contributed by atoms with E-state index in [1.807, 2.05) is 0 Å². The predicted molar refractivity (Wildman–Crippen MR) is 77.8 cm³/mol. The molecule has 1 fully saturated rings. The van der Waals surface area contributed by atoms with Crippen LogP contribution in [-0.4, -0.2) is 42.5 Å². The number of aryl methyl sites for hydroxylation is 1. The maximum atomic E-state index is 9.57. The van der Waals surface area contributed by atoms with Crippen LogP contribution in [0.4, 0.5) is 0 Å². The average Bonchev–Trinajstić information content (AvgIpc) is 2.43. The van der Waals surface area contributed by atoms with Crippen molar-refractivity contribution < 1.29 is 0 Å². The molecule has 1 aliphatic heterocycles. The molecule has 0 aromatic heterocycles. The molecule has 19 heavy (non-hydrogen) atoms. The molecule has 0 radical (unpaired) electrons. The van der Waals surface area contributed by atoms with Gasteiger partial charge in [0, 0.05) is 25.7 Å². The van der Waals surface area contributed by atoms with Gasteiger partial charge in [0.15, 0.2) is 0 Å². The number of piperazine rings is 1. The van der Waals surface area contributed by atoms with Gasteiger partial charge in [0.2, 0.25) is 0 Å². The fourth-order valence-corrected chi connectivity index (χ4v) is 2.82.